The third-order valence-corrected chi connectivity index (χ3v) is 1.77. The van der Waals surface area contributed by atoms with Crippen molar-refractivity contribution in [2.45, 2.75) is 19.6 Å². The van der Waals surface area contributed by atoms with Crippen molar-refractivity contribution < 1.29 is 9.53 Å². The van der Waals surface area contributed by atoms with E-state index in [-0.39, 0.29) is 6.10 Å². The smallest absolute Gasteiger partial charge is 0.227 e. The highest BCUT2D eigenvalue weighted by Gasteiger charge is 1.98. The molecule has 1 rings (SSSR count). The Balaban J connectivity index is 2.28. The van der Waals surface area contributed by atoms with Gasteiger partial charge in [0.15, 0.2) is 0 Å². The normalized spacial score (nSPS) is 12.6. The van der Waals surface area contributed by atoms with Crippen molar-refractivity contribution in [3.05, 3.63) is 35.9 Å². The van der Waals surface area contributed by atoms with Crippen LogP contribution in [0.3, 0.4) is 0 Å². The molecule has 15 heavy (non-hydrogen) atoms. The summed E-state index contributed by atoms with van der Waals surface area (Å²) in [6, 6.07) is 9.88. The number of rotatable bonds is 6. The summed E-state index contributed by atoms with van der Waals surface area (Å²) in [7, 11) is 0. The number of benzene rings is 1. The van der Waals surface area contributed by atoms with Gasteiger partial charge in [-0.05, 0) is 12.5 Å². The van der Waals surface area contributed by atoms with Crippen molar-refractivity contribution in [2.24, 2.45) is 5.10 Å². The Morgan fingerprint density at radius 3 is 2.87 bits per heavy atom. The van der Waals surface area contributed by atoms with Gasteiger partial charge in [-0.25, -0.2) is 5.43 Å². The van der Waals surface area contributed by atoms with Gasteiger partial charge in [0.1, 0.15) is 0 Å². The molecule has 1 aromatic rings. The minimum absolute atomic E-state index is 0.127. The molecule has 0 aliphatic rings. The van der Waals surface area contributed by atoms with Crippen LogP contribution in [-0.4, -0.2) is 18.7 Å². The van der Waals surface area contributed by atoms with Gasteiger partial charge in [0.25, 0.3) is 0 Å². The summed E-state index contributed by atoms with van der Waals surface area (Å²) in [5.41, 5.74) is 3.30. The molecule has 1 atom stereocenters. The highest BCUT2D eigenvalue weighted by molar-refractivity contribution is 5.63. The quantitative estimate of drug-likeness (QED) is 0.433. The summed E-state index contributed by atoms with van der Waals surface area (Å²) >= 11 is 0. The average Bonchev–Trinajstić information content (AvgIpc) is 2.28. The van der Waals surface area contributed by atoms with Crippen molar-refractivity contribution >= 4 is 12.6 Å². The van der Waals surface area contributed by atoms with Gasteiger partial charge in [-0.15, -0.1) is 0 Å². The van der Waals surface area contributed by atoms with Gasteiger partial charge in [0.2, 0.25) is 6.41 Å². The molecular formula is C11H14N2O2. The van der Waals surface area contributed by atoms with Gasteiger partial charge >= 0.3 is 0 Å². The van der Waals surface area contributed by atoms with Gasteiger partial charge < -0.3 is 4.74 Å². The minimum atomic E-state index is -0.127. The van der Waals surface area contributed by atoms with Crippen LogP contribution in [0, 0.1) is 0 Å². The predicted molar refractivity (Wildman–Crippen MR) is 58.4 cm³/mol. The van der Waals surface area contributed by atoms with Crippen molar-refractivity contribution in [3.63, 3.8) is 0 Å². The fourth-order valence-electron chi connectivity index (χ4n) is 1.02. The second-order valence-electron chi connectivity index (χ2n) is 3.03. The molecule has 4 heteroatoms. The number of carbonyl (C=O) groups excluding carboxylic acids is 1. The monoisotopic (exact) mass is 206 g/mol. The Labute approximate surface area is 88.9 Å². The molecule has 0 saturated heterocycles. The van der Waals surface area contributed by atoms with Crippen LogP contribution in [0.2, 0.25) is 0 Å². The number of hydrazone groups is 1. The Morgan fingerprint density at radius 2 is 2.20 bits per heavy atom. The third kappa shape index (κ3) is 4.93. The van der Waals surface area contributed by atoms with E-state index < -0.39 is 0 Å². The highest BCUT2D eigenvalue weighted by Crippen LogP contribution is 2.01. The van der Waals surface area contributed by atoms with E-state index in [0.717, 1.165) is 5.56 Å². The number of hydrogen-bond acceptors (Lipinski definition) is 3. The number of carbonyl (C=O) groups is 1. The van der Waals surface area contributed by atoms with E-state index >= 15 is 0 Å². The van der Waals surface area contributed by atoms with Crippen LogP contribution in [0.5, 0.6) is 0 Å². The molecule has 4 nitrogen and oxygen atoms in total. The molecule has 0 heterocycles. The molecule has 1 unspecified atom stereocenters. The summed E-state index contributed by atoms with van der Waals surface area (Å²) in [5, 5.41) is 3.63. The summed E-state index contributed by atoms with van der Waals surface area (Å²) in [5.74, 6) is 0. The summed E-state index contributed by atoms with van der Waals surface area (Å²) in [4.78, 5) is 9.90. The molecule has 1 N–H and O–H groups in total. The second-order valence-corrected chi connectivity index (χ2v) is 3.03. The Hall–Kier alpha value is -1.68. The Morgan fingerprint density at radius 1 is 1.47 bits per heavy atom. The van der Waals surface area contributed by atoms with Gasteiger partial charge in [-0.3, -0.25) is 4.79 Å². The van der Waals surface area contributed by atoms with Crippen molar-refractivity contribution in [1.82, 2.24) is 5.43 Å². The van der Waals surface area contributed by atoms with E-state index in [9.17, 15) is 4.79 Å². The van der Waals surface area contributed by atoms with Crippen LogP contribution in [-0.2, 0) is 16.1 Å². The molecule has 80 valence electrons. The van der Waals surface area contributed by atoms with Gasteiger partial charge in [-0.2, -0.15) is 5.10 Å². The lowest BCUT2D eigenvalue weighted by molar-refractivity contribution is -0.109. The largest absolute Gasteiger partial charge is 0.368 e. The van der Waals surface area contributed by atoms with E-state index in [1.807, 2.05) is 37.3 Å². The molecule has 0 radical (unpaired) electrons. The molecule has 0 aliphatic heterocycles. The predicted octanol–water partition coefficient (Wildman–Crippen LogP) is 1.32. The maximum Gasteiger partial charge on any atom is 0.227 e. The summed E-state index contributed by atoms with van der Waals surface area (Å²) in [6.07, 6.45) is 1.93. The van der Waals surface area contributed by atoms with Crippen LogP contribution in [0.1, 0.15) is 12.5 Å². The maximum atomic E-state index is 9.90. The van der Waals surface area contributed by atoms with Crippen LogP contribution >= 0.6 is 0 Å². The molecular weight excluding hydrogens is 192 g/mol. The van der Waals surface area contributed by atoms with Crippen molar-refractivity contribution in [1.29, 1.82) is 0 Å². The zero-order valence-corrected chi connectivity index (χ0v) is 8.59. The van der Waals surface area contributed by atoms with E-state index in [1.165, 1.54) is 6.21 Å². The SMILES string of the molecule is CC(C=NNC=O)OCc1ccccc1. The molecule has 1 aromatic carbocycles. The molecule has 0 bridgehead atoms. The number of nitrogens with one attached hydrogen (secondary N) is 1. The van der Waals surface area contributed by atoms with Gasteiger partial charge in [0, 0.05) is 0 Å². The first-order chi connectivity index (χ1) is 7.33. The zero-order valence-electron chi connectivity index (χ0n) is 8.59. The van der Waals surface area contributed by atoms with E-state index in [0.29, 0.717) is 13.0 Å². The second kappa shape index (κ2) is 6.73. The Kier molecular flexibility index (Phi) is 5.11. The number of amides is 1. The van der Waals surface area contributed by atoms with Crippen LogP contribution in [0.4, 0.5) is 0 Å². The first kappa shape index (κ1) is 11.4. The lowest BCUT2D eigenvalue weighted by Gasteiger charge is -2.07. The van der Waals surface area contributed by atoms with Crippen LogP contribution in [0.25, 0.3) is 0 Å². The topological polar surface area (TPSA) is 50.7 Å². The Bertz CT molecular complexity index is 312. The lowest BCUT2D eigenvalue weighted by atomic mass is 10.2. The zero-order chi connectivity index (χ0) is 10.9. The fraction of sp³-hybridized carbons (Fsp3) is 0.273. The number of ether oxygens (including phenoxy) is 1. The molecule has 0 spiro atoms. The summed E-state index contributed by atoms with van der Waals surface area (Å²) in [6.45, 7) is 2.40. The molecule has 0 fully saturated rings. The van der Waals surface area contributed by atoms with Gasteiger partial charge in [-0.1, -0.05) is 30.3 Å². The summed E-state index contributed by atoms with van der Waals surface area (Å²) < 4.78 is 5.47. The molecule has 0 aromatic heterocycles. The first-order valence-corrected chi connectivity index (χ1v) is 4.71. The van der Waals surface area contributed by atoms with Crippen molar-refractivity contribution in [3.8, 4) is 0 Å². The number of nitrogens with zero attached hydrogens (tertiary/aromatic N) is 1. The molecule has 0 aliphatic carbocycles. The van der Waals surface area contributed by atoms with E-state index in [1.54, 1.807) is 0 Å². The molecule has 1 amide bonds. The van der Waals surface area contributed by atoms with Crippen LogP contribution < -0.4 is 5.43 Å². The standard InChI is InChI=1S/C11H14N2O2/c1-10(7-12-13-9-14)15-8-11-5-3-2-4-6-11/h2-7,9-10H,8H2,1H3,(H,13,14). The third-order valence-electron chi connectivity index (χ3n) is 1.77. The number of hydrogen-bond donors (Lipinski definition) is 1. The maximum absolute atomic E-state index is 9.90. The fourth-order valence-corrected chi connectivity index (χ4v) is 1.02. The van der Waals surface area contributed by atoms with E-state index in [2.05, 4.69) is 10.5 Å². The van der Waals surface area contributed by atoms with Crippen LogP contribution in [0.15, 0.2) is 35.4 Å². The lowest BCUT2D eigenvalue weighted by Crippen LogP contribution is -2.12. The first-order valence-electron chi connectivity index (χ1n) is 4.71. The van der Waals surface area contributed by atoms with Crippen molar-refractivity contribution in [2.75, 3.05) is 0 Å². The average molecular weight is 206 g/mol. The highest BCUT2D eigenvalue weighted by atomic mass is 16.5. The minimum Gasteiger partial charge on any atom is -0.368 e. The van der Waals surface area contributed by atoms with Gasteiger partial charge in [0.05, 0.1) is 18.9 Å². The molecule has 0 saturated carbocycles. The van der Waals surface area contributed by atoms with E-state index in [4.69, 9.17) is 4.74 Å².